The van der Waals surface area contributed by atoms with Gasteiger partial charge in [-0.1, -0.05) is 77.8 Å². The van der Waals surface area contributed by atoms with Crippen molar-refractivity contribution in [2.45, 2.75) is 25.9 Å². The minimum absolute atomic E-state index is 0.337. The number of aryl methyl sites for hydroxylation is 1. The average molecular weight is 457 g/mol. The molecule has 0 spiro atoms. The maximum absolute atomic E-state index is 13.3. The molecular formula is C24H25ClN2O3S. The van der Waals surface area contributed by atoms with Gasteiger partial charge in [-0.2, -0.15) is 0 Å². The van der Waals surface area contributed by atoms with Gasteiger partial charge in [-0.3, -0.25) is 9.10 Å². The lowest BCUT2D eigenvalue weighted by atomic mass is 9.97. The number of hydrogen-bond acceptors (Lipinski definition) is 3. The van der Waals surface area contributed by atoms with E-state index < -0.39 is 28.0 Å². The van der Waals surface area contributed by atoms with Gasteiger partial charge in [0.15, 0.2) is 0 Å². The Bertz CT molecular complexity index is 1150. The molecule has 3 aromatic rings. The van der Waals surface area contributed by atoms with Gasteiger partial charge in [0, 0.05) is 5.02 Å². The first-order valence-electron chi connectivity index (χ1n) is 9.83. The van der Waals surface area contributed by atoms with Crippen molar-refractivity contribution in [1.82, 2.24) is 5.32 Å². The Hall–Kier alpha value is -2.83. The van der Waals surface area contributed by atoms with Crippen LogP contribution in [0.1, 0.15) is 29.7 Å². The SMILES string of the molecule is Cc1ccc([C@@H](NC(=O)[C@H](C)N(c2cccc(Cl)c2)S(C)(=O)=O)c2ccccc2)cc1. The highest BCUT2D eigenvalue weighted by atomic mass is 35.5. The molecule has 3 aromatic carbocycles. The number of amides is 1. The molecule has 162 valence electrons. The third kappa shape index (κ3) is 5.66. The summed E-state index contributed by atoms with van der Waals surface area (Å²) < 4.78 is 26.2. The number of anilines is 1. The van der Waals surface area contributed by atoms with Crippen molar-refractivity contribution in [3.8, 4) is 0 Å². The van der Waals surface area contributed by atoms with E-state index in [9.17, 15) is 13.2 Å². The van der Waals surface area contributed by atoms with Crippen LogP contribution < -0.4 is 9.62 Å². The van der Waals surface area contributed by atoms with E-state index in [1.54, 1.807) is 25.1 Å². The van der Waals surface area contributed by atoms with E-state index in [1.807, 2.05) is 61.5 Å². The highest BCUT2D eigenvalue weighted by Gasteiger charge is 2.31. The first kappa shape index (κ1) is 22.8. The van der Waals surface area contributed by atoms with Crippen molar-refractivity contribution in [3.63, 3.8) is 0 Å². The molecule has 0 aliphatic rings. The van der Waals surface area contributed by atoms with Crippen molar-refractivity contribution in [1.29, 1.82) is 0 Å². The summed E-state index contributed by atoms with van der Waals surface area (Å²) in [7, 11) is -3.74. The summed E-state index contributed by atoms with van der Waals surface area (Å²) in [4.78, 5) is 13.3. The third-order valence-electron chi connectivity index (χ3n) is 4.98. The maximum atomic E-state index is 13.3. The number of benzene rings is 3. The monoisotopic (exact) mass is 456 g/mol. The zero-order valence-corrected chi connectivity index (χ0v) is 19.2. The second-order valence-corrected chi connectivity index (χ2v) is 9.77. The molecule has 0 saturated heterocycles. The lowest BCUT2D eigenvalue weighted by Gasteiger charge is -2.30. The van der Waals surface area contributed by atoms with Crippen molar-refractivity contribution >= 4 is 33.2 Å². The fourth-order valence-electron chi connectivity index (χ4n) is 3.45. The molecule has 5 nitrogen and oxygen atoms in total. The summed E-state index contributed by atoms with van der Waals surface area (Å²) in [5, 5.41) is 3.42. The number of nitrogens with one attached hydrogen (secondary N) is 1. The minimum Gasteiger partial charge on any atom is -0.343 e. The number of carbonyl (C=O) groups is 1. The molecule has 1 amide bonds. The van der Waals surface area contributed by atoms with Crippen molar-refractivity contribution in [2.24, 2.45) is 0 Å². The van der Waals surface area contributed by atoms with Crippen LogP contribution in [0.5, 0.6) is 0 Å². The summed E-state index contributed by atoms with van der Waals surface area (Å²) in [5.74, 6) is -0.417. The van der Waals surface area contributed by atoms with Crippen LogP contribution in [0.2, 0.25) is 5.02 Å². The first-order chi connectivity index (χ1) is 14.7. The lowest BCUT2D eigenvalue weighted by Crippen LogP contribution is -2.48. The summed E-state index contributed by atoms with van der Waals surface area (Å²) in [5.41, 5.74) is 3.26. The van der Waals surface area contributed by atoms with Crippen LogP contribution in [0.4, 0.5) is 5.69 Å². The largest absolute Gasteiger partial charge is 0.343 e. The Morgan fingerprint density at radius 1 is 0.935 bits per heavy atom. The quantitative estimate of drug-likeness (QED) is 0.560. The van der Waals surface area contributed by atoms with E-state index in [0.29, 0.717) is 10.7 Å². The van der Waals surface area contributed by atoms with Crippen LogP contribution >= 0.6 is 11.6 Å². The number of sulfonamides is 1. The Morgan fingerprint density at radius 2 is 1.55 bits per heavy atom. The van der Waals surface area contributed by atoms with Gasteiger partial charge in [0.05, 0.1) is 18.0 Å². The van der Waals surface area contributed by atoms with Crippen LogP contribution in [0.15, 0.2) is 78.9 Å². The van der Waals surface area contributed by atoms with Crippen molar-refractivity contribution < 1.29 is 13.2 Å². The van der Waals surface area contributed by atoms with E-state index in [4.69, 9.17) is 11.6 Å². The van der Waals surface area contributed by atoms with Crippen LogP contribution in [-0.4, -0.2) is 26.6 Å². The van der Waals surface area contributed by atoms with Crippen LogP contribution in [0.25, 0.3) is 0 Å². The predicted molar refractivity (Wildman–Crippen MR) is 126 cm³/mol. The van der Waals surface area contributed by atoms with Crippen LogP contribution in [0.3, 0.4) is 0 Å². The maximum Gasteiger partial charge on any atom is 0.244 e. The number of hydrogen-bond donors (Lipinski definition) is 1. The Morgan fingerprint density at radius 3 is 2.13 bits per heavy atom. The molecule has 0 aliphatic carbocycles. The van der Waals surface area contributed by atoms with Gasteiger partial charge in [-0.05, 0) is 43.2 Å². The van der Waals surface area contributed by atoms with E-state index in [0.717, 1.165) is 27.3 Å². The Labute approximate surface area is 188 Å². The summed E-state index contributed by atoms with van der Waals surface area (Å²) in [6.45, 7) is 3.56. The molecular weight excluding hydrogens is 432 g/mol. The third-order valence-corrected chi connectivity index (χ3v) is 6.46. The molecule has 0 unspecified atom stereocenters. The molecule has 2 atom stereocenters. The van der Waals surface area contributed by atoms with E-state index in [-0.39, 0.29) is 0 Å². The van der Waals surface area contributed by atoms with E-state index >= 15 is 0 Å². The fourth-order valence-corrected chi connectivity index (χ4v) is 4.80. The van der Waals surface area contributed by atoms with Gasteiger partial charge in [0.1, 0.15) is 6.04 Å². The zero-order chi connectivity index (χ0) is 22.6. The smallest absolute Gasteiger partial charge is 0.244 e. The molecule has 0 heterocycles. The summed E-state index contributed by atoms with van der Waals surface area (Å²) in [6, 6.07) is 22.5. The fraction of sp³-hybridized carbons (Fsp3) is 0.208. The number of halogens is 1. The zero-order valence-electron chi connectivity index (χ0n) is 17.6. The van der Waals surface area contributed by atoms with E-state index in [2.05, 4.69) is 5.32 Å². The Balaban J connectivity index is 1.95. The van der Waals surface area contributed by atoms with Crippen molar-refractivity contribution in [3.05, 3.63) is 101 Å². The average Bonchev–Trinajstić information content (AvgIpc) is 2.72. The van der Waals surface area contributed by atoms with E-state index in [1.165, 1.54) is 6.07 Å². The standard InChI is InChI=1S/C24H25ClN2O3S/c1-17-12-14-20(15-13-17)23(19-8-5-4-6-9-19)26-24(28)18(2)27(31(3,29)30)22-11-7-10-21(25)16-22/h4-16,18,23H,1-3H3,(H,26,28)/t18-,23-/m0/s1. The van der Waals surface area contributed by atoms with Crippen LogP contribution in [0, 0.1) is 6.92 Å². The van der Waals surface area contributed by atoms with Gasteiger partial charge >= 0.3 is 0 Å². The number of carbonyl (C=O) groups excluding carboxylic acids is 1. The minimum atomic E-state index is -3.74. The Kier molecular flexibility index (Phi) is 7.03. The summed E-state index contributed by atoms with van der Waals surface area (Å²) >= 11 is 6.06. The van der Waals surface area contributed by atoms with Gasteiger partial charge in [0.2, 0.25) is 15.9 Å². The molecule has 7 heteroatoms. The molecule has 3 rings (SSSR count). The second kappa shape index (κ2) is 9.54. The summed E-state index contributed by atoms with van der Waals surface area (Å²) in [6.07, 6.45) is 1.08. The topological polar surface area (TPSA) is 66.5 Å². The molecule has 31 heavy (non-hydrogen) atoms. The number of rotatable bonds is 7. The molecule has 0 aromatic heterocycles. The highest BCUT2D eigenvalue weighted by Crippen LogP contribution is 2.26. The molecule has 0 aliphatic heterocycles. The second-order valence-electron chi connectivity index (χ2n) is 7.48. The predicted octanol–water partition coefficient (Wildman–Crippen LogP) is 4.71. The molecule has 0 saturated carbocycles. The van der Waals surface area contributed by atoms with Gasteiger partial charge in [-0.25, -0.2) is 8.42 Å². The normalized spacial score (nSPS) is 13.3. The lowest BCUT2D eigenvalue weighted by molar-refractivity contribution is -0.122. The molecule has 0 fully saturated rings. The van der Waals surface area contributed by atoms with Gasteiger partial charge in [-0.15, -0.1) is 0 Å². The highest BCUT2D eigenvalue weighted by molar-refractivity contribution is 7.92. The van der Waals surface area contributed by atoms with Gasteiger partial charge in [0.25, 0.3) is 0 Å². The molecule has 1 N–H and O–H groups in total. The first-order valence-corrected chi connectivity index (χ1v) is 12.1. The molecule has 0 radical (unpaired) electrons. The number of nitrogens with zero attached hydrogens (tertiary/aromatic N) is 1. The van der Waals surface area contributed by atoms with Crippen LogP contribution in [-0.2, 0) is 14.8 Å². The molecule has 0 bridgehead atoms. The van der Waals surface area contributed by atoms with Gasteiger partial charge < -0.3 is 5.32 Å². The van der Waals surface area contributed by atoms with Crippen molar-refractivity contribution in [2.75, 3.05) is 10.6 Å².